The van der Waals surface area contributed by atoms with Crippen LogP contribution in [0.1, 0.15) is 35.5 Å². The van der Waals surface area contributed by atoms with Gasteiger partial charge in [0.25, 0.3) is 5.91 Å². The minimum Gasteiger partial charge on any atom is -0.439 e. The number of hydrogen-bond donors (Lipinski definition) is 0. The second-order valence-electron chi connectivity index (χ2n) is 8.74. The van der Waals surface area contributed by atoms with Gasteiger partial charge in [0.2, 0.25) is 5.88 Å². The highest BCUT2D eigenvalue weighted by atomic mass is 35.5. The predicted octanol–water partition coefficient (Wildman–Crippen LogP) is 7.06. The number of para-hydroxylation sites is 1. The van der Waals surface area contributed by atoms with Gasteiger partial charge in [0.1, 0.15) is 11.6 Å². The van der Waals surface area contributed by atoms with Crippen molar-refractivity contribution < 1.29 is 13.9 Å². The molecule has 4 rings (SSSR count). The first kappa shape index (κ1) is 24.5. The molecule has 4 aromatic rings. The Kier molecular flexibility index (Phi) is 7.51. The summed E-state index contributed by atoms with van der Waals surface area (Å²) in [6.45, 7) is 6.56. The number of nitrogens with zero attached hydrogens (tertiary/aromatic N) is 3. The summed E-state index contributed by atoms with van der Waals surface area (Å²) in [6.07, 6.45) is 0. The number of ether oxygens (including phenoxy) is 1. The van der Waals surface area contributed by atoms with Crippen molar-refractivity contribution in [2.75, 3.05) is 6.54 Å². The number of carbonyl (C=O) groups is 1. The zero-order valence-electron chi connectivity index (χ0n) is 19.9. The van der Waals surface area contributed by atoms with E-state index in [0.717, 1.165) is 11.3 Å². The molecule has 3 aromatic carbocycles. The molecule has 1 amide bonds. The topological polar surface area (TPSA) is 47.4 Å². The van der Waals surface area contributed by atoms with Gasteiger partial charge in [-0.2, -0.15) is 5.10 Å². The first-order chi connectivity index (χ1) is 16.8. The van der Waals surface area contributed by atoms with Gasteiger partial charge in [-0.1, -0.05) is 61.8 Å². The van der Waals surface area contributed by atoms with Gasteiger partial charge in [0, 0.05) is 11.6 Å². The molecule has 0 spiro atoms. The van der Waals surface area contributed by atoms with Gasteiger partial charge in [-0.05, 0) is 55.3 Å². The van der Waals surface area contributed by atoms with Gasteiger partial charge in [-0.15, -0.1) is 0 Å². The summed E-state index contributed by atoms with van der Waals surface area (Å²) in [5.41, 5.74) is 2.21. The van der Waals surface area contributed by atoms with E-state index in [1.807, 2.05) is 63.2 Å². The second-order valence-corrected chi connectivity index (χ2v) is 9.17. The van der Waals surface area contributed by atoms with E-state index in [0.29, 0.717) is 28.9 Å². The van der Waals surface area contributed by atoms with Gasteiger partial charge < -0.3 is 9.64 Å². The lowest BCUT2D eigenvalue weighted by molar-refractivity contribution is 0.0716. The molecule has 1 aromatic heterocycles. The van der Waals surface area contributed by atoms with Gasteiger partial charge in [-0.3, -0.25) is 4.79 Å². The van der Waals surface area contributed by atoms with Crippen LogP contribution in [0, 0.1) is 18.7 Å². The third-order valence-electron chi connectivity index (χ3n) is 5.47. The number of aromatic nitrogens is 2. The molecule has 0 aliphatic rings. The molecule has 0 atom stereocenters. The molecule has 180 valence electrons. The summed E-state index contributed by atoms with van der Waals surface area (Å²) in [5, 5.41) is 5.29. The van der Waals surface area contributed by atoms with Crippen molar-refractivity contribution in [3.8, 4) is 17.3 Å². The van der Waals surface area contributed by atoms with Crippen molar-refractivity contribution in [1.82, 2.24) is 14.7 Å². The molecule has 0 N–H and O–H groups in total. The Labute approximate surface area is 209 Å². The van der Waals surface area contributed by atoms with Crippen LogP contribution in [0.3, 0.4) is 0 Å². The summed E-state index contributed by atoms with van der Waals surface area (Å²) in [5.74, 6) is 0.363. The molecule has 0 bridgehead atoms. The van der Waals surface area contributed by atoms with Crippen LogP contribution >= 0.6 is 11.6 Å². The molecule has 35 heavy (non-hydrogen) atoms. The average molecular weight is 492 g/mol. The lowest BCUT2D eigenvalue weighted by Gasteiger charge is -2.25. The number of amides is 1. The molecular weight excluding hydrogens is 465 g/mol. The molecular formula is C28H27ClFN3O2. The highest BCUT2D eigenvalue weighted by molar-refractivity contribution is 6.30. The summed E-state index contributed by atoms with van der Waals surface area (Å²) in [7, 11) is 0. The van der Waals surface area contributed by atoms with Crippen molar-refractivity contribution in [1.29, 1.82) is 0 Å². The zero-order valence-corrected chi connectivity index (χ0v) is 20.7. The van der Waals surface area contributed by atoms with E-state index < -0.39 is 5.82 Å². The van der Waals surface area contributed by atoms with E-state index in [2.05, 4.69) is 0 Å². The van der Waals surface area contributed by atoms with E-state index in [-0.39, 0.29) is 23.9 Å². The monoisotopic (exact) mass is 491 g/mol. The molecule has 0 aliphatic heterocycles. The average Bonchev–Trinajstić information content (AvgIpc) is 3.14. The van der Waals surface area contributed by atoms with Crippen LogP contribution in [0.25, 0.3) is 5.69 Å². The maximum Gasteiger partial charge on any atom is 0.257 e. The van der Waals surface area contributed by atoms with Crippen LogP contribution < -0.4 is 4.74 Å². The second kappa shape index (κ2) is 10.7. The molecule has 0 radical (unpaired) electrons. The lowest BCUT2D eigenvalue weighted by Crippen LogP contribution is -2.34. The number of benzene rings is 3. The predicted molar refractivity (Wildman–Crippen MR) is 136 cm³/mol. The van der Waals surface area contributed by atoms with Gasteiger partial charge in [0.05, 0.1) is 29.1 Å². The Hall–Kier alpha value is -3.64. The Balaban J connectivity index is 1.79. The van der Waals surface area contributed by atoms with E-state index >= 15 is 0 Å². The maximum absolute atomic E-state index is 14.5. The van der Waals surface area contributed by atoms with Crippen molar-refractivity contribution in [2.45, 2.75) is 27.3 Å². The smallest absolute Gasteiger partial charge is 0.257 e. The Morgan fingerprint density at radius 3 is 2.46 bits per heavy atom. The SMILES string of the molecule is Cc1nn(-c2cccc(Cl)c2)c(Oc2ccccc2)c1CN(CC(C)C)C(=O)c1ccccc1F. The number of halogens is 2. The summed E-state index contributed by atoms with van der Waals surface area (Å²) in [4.78, 5) is 15.1. The minimum absolute atomic E-state index is 0.0403. The Morgan fingerprint density at radius 2 is 1.77 bits per heavy atom. The molecule has 0 unspecified atom stereocenters. The Bertz CT molecular complexity index is 1320. The molecule has 0 saturated heterocycles. The number of aryl methyl sites for hydroxylation is 1. The van der Waals surface area contributed by atoms with Crippen molar-refractivity contribution in [2.24, 2.45) is 5.92 Å². The largest absolute Gasteiger partial charge is 0.439 e. The summed E-state index contributed by atoms with van der Waals surface area (Å²) >= 11 is 6.25. The summed E-state index contributed by atoms with van der Waals surface area (Å²) < 4.78 is 22.5. The Morgan fingerprint density at radius 1 is 1.06 bits per heavy atom. The number of carbonyl (C=O) groups excluding carboxylic acids is 1. The fraction of sp³-hybridized carbons (Fsp3) is 0.214. The van der Waals surface area contributed by atoms with Crippen LogP contribution in [0.5, 0.6) is 11.6 Å². The highest BCUT2D eigenvalue weighted by Gasteiger charge is 2.26. The van der Waals surface area contributed by atoms with E-state index in [4.69, 9.17) is 21.4 Å². The zero-order chi connectivity index (χ0) is 24.9. The molecule has 0 aliphatic carbocycles. The number of rotatable bonds is 8. The molecule has 1 heterocycles. The van der Waals surface area contributed by atoms with E-state index in [1.165, 1.54) is 12.1 Å². The summed E-state index contributed by atoms with van der Waals surface area (Å²) in [6, 6.07) is 22.7. The van der Waals surface area contributed by atoms with Gasteiger partial charge in [-0.25, -0.2) is 9.07 Å². The maximum atomic E-state index is 14.5. The van der Waals surface area contributed by atoms with E-state index in [9.17, 15) is 9.18 Å². The highest BCUT2D eigenvalue weighted by Crippen LogP contribution is 2.32. The van der Waals surface area contributed by atoms with Gasteiger partial charge >= 0.3 is 0 Å². The van der Waals surface area contributed by atoms with Crippen molar-refractivity contribution >= 4 is 17.5 Å². The van der Waals surface area contributed by atoms with Gasteiger partial charge in [0.15, 0.2) is 0 Å². The third kappa shape index (κ3) is 5.72. The number of hydrogen-bond acceptors (Lipinski definition) is 3. The van der Waals surface area contributed by atoms with Crippen LogP contribution in [-0.4, -0.2) is 27.1 Å². The lowest BCUT2D eigenvalue weighted by atomic mass is 10.1. The van der Waals surface area contributed by atoms with Crippen LogP contribution in [-0.2, 0) is 6.54 Å². The fourth-order valence-electron chi connectivity index (χ4n) is 3.86. The van der Waals surface area contributed by atoms with Crippen LogP contribution in [0.2, 0.25) is 5.02 Å². The first-order valence-corrected chi connectivity index (χ1v) is 11.8. The minimum atomic E-state index is -0.543. The van der Waals surface area contributed by atoms with Crippen LogP contribution in [0.4, 0.5) is 4.39 Å². The first-order valence-electron chi connectivity index (χ1n) is 11.4. The standard InChI is InChI=1S/C28H27ClFN3O2/c1-19(2)17-32(27(34)24-14-7-8-15-26(24)30)18-25-20(3)31-33(22-11-9-10-21(29)16-22)28(25)35-23-12-5-4-6-13-23/h4-16,19H,17-18H2,1-3H3. The normalized spacial score (nSPS) is 11.0. The molecule has 7 heteroatoms. The quantitative estimate of drug-likeness (QED) is 0.265. The van der Waals surface area contributed by atoms with Crippen molar-refractivity contribution in [3.63, 3.8) is 0 Å². The van der Waals surface area contributed by atoms with Crippen LogP contribution in [0.15, 0.2) is 78.9 Å². The molecule has 0 saturated carbocycles. The molecule has 0 fully saturated rings. The fourth-order valence-corrected chi connectivity index (χ4v) is 4.05. The molecule has 5 nitrogen and oxygen atoms in total. The third-order valence-corrected chi connectivity index (χ3v) is 5.71. The van der Waals surface area contributed by atoms with E-state index in [1.54, 1.807) is 33.8 Å². The van der Waals surface area contributed by atoms with Crippen molar-refractivity contribution in [3.05, 3.63) is 107 Å².